The van der Waals surface area contributed by atoms with Crippen LogP contribution >= 0.6 is 0 Å². The minimum Gasteiger partial charge on any atom is -0.423 e. The summed E-state index contributed by atoms with van der Waals surface area (Å²) < 4.78 is 34.8. The summed E-state index contributed by atoms with van der Waals surface area (Å²) in [4.78, 5) is 11.7. The van der Waals surface area contributed by atoms with Gasteiger partial charge in [0.05, 0.1) is 0 Å². The van der Waals surface area contributed by atoms with Gasteiger partial charge < -0.3 is 8.60 Å². The number of aryl methyl sites for hydroxylation is 1. The Morgan fingerprint density at radius 3 is 2.50 bits per heavy atom. The molecule has 0 bridgehead atoms. The van der Waals surface area contributed by atoms with Gasteiger partial charge in [0.25, 0.3) is 0 Å². The zero-order valence-electron chi connectivity index (χ0n) is 13.1. The summed E-state index contributed by atoms with van der Waals surface area (Å²) in [5.41, 5.74) is 0.724. The van der Waals surface area contributed by atoms with E-state index in [1.165, 1.54) is 24.3 Å². The van der Waals surface area contributed by atoms with Crippen molar-refractivity contribution in [3.05, 3.63) is 70.6 Å². The Balaban J connectivity index is 2.01. The highest BCUT2D eigenvalue weighted by Crippen LogP contribution is 2.25. The molecular formula is C18H16O5S. The van der Waals surface area contributed by atoms with Crippen molar-refractivity contribution in [2.45, 2.75) is 24.7 Å². The van der Waals surface area contributed by atoms with Crippen LogP contribution in [-0.2, 0) is 16.5 Å². The van der Waals surface area contributed by atoms with Crippen molar-refractivity contribution in [2.24, 2.45) is 0 Å². The largest absolute Gasteiger partial charge is 0.423 e. The molecule has 0 saturated carbocycles. The monoisotopic (exact) mass is 344 g/mol. The molecule has 0 fully saturated rings. The first kappa shape index (κ1) is 16.3. The minimum atomic E-state index is -3.93. The van der Waals surface area contributed by atoms with E-state index in [9.17, 15) is 13.2 Å². The van der Waals surface area contributed by atoms with Crippen molar-refractivity contribution in [1.29, 1.82) is 0 Å². The van der Waals surface area contributed by atoms with Crippen molar-refractivity contribution in [2.75, 3.05) is 0 Å². The predicted octanol–water partition coefficient (Wildman–Crippen LogP) is 3.51. The molecule has 124 valence electrons. The first-order chi connectivity index (χ1) is 11.5. The van der Waals surface area contributed by atoms with Gasteiger partial charge in [-0.15, -0.1) is 0 Å². The molecule has 1 aromatic heterocycles. The molecular weight excluding hydrogens is 328 g/mol. The van der Waals surface area contributed by atoms with E-state index in [1.54, 1.807) is 30.3 Å². The second-order valence-corrected chi connectivity index (χ2v) is 6.90. The molecule has 3 aromatic rings. The van der Waals surface area contributed by atoms with Gasteiger partial charge in [0.2, 0.25) is 0 Å². The summed E-state index contributed by atoms with van der Waals surface area (Å²) in [7, 11) is -3.93. The van der Waals surface area contributed by atoms with Crippen molar-refractivity contribution in [1.82, 2.24) is 0 Å². The Morgan fingerprint density at radius 1 is 1.04 bits per heavy atom. The van der Waals surface area contributed by atoms with Crippen LogP contribution in [0.25, 0.3) is 11.0 Å². The Hall–Kier alpha value is -2.60. The van der Waals surface area contributed by atoms with E-state index >= 15 is 0 Å². The van der Waals surface area contributed by atoms with Gasteiger partial charge in [-0.25, -0.2) is 4.79 Å². The third-order valence-electron chi connectivity index (χ3n) is 3.56. The highest BCUT2D eigenvalue weighted by atomic mass is 32.2. The normalized spacial score (nSPS) is 11.5. The van der Waals surface area contributed by atoms with Crippen molar-refractivity contribution < 1.29 is 17.0 Å². The highest BCUT2D eigenvalue weighted by Gasteiger charge is 2.17. The van der Waals surface area contributed by atoms with Crippen LogP contribution < -0.4 is 9.81 Å². The fourth-order valence-corrected chi connectivity index (χ4v) is 3.44. The fraction of sp³-hybridized carbons (Fsp3) is 0.167. The van der Waals surface area contributed by atoms with Crippen molar-refractivity contribution in [3.63, 3.8) is 0 Å². The van der Waals surface area contributed by atoms with Crippen molar-refractivity contribution >= 4 is 21.1 Å². The number of hydrogen-bond acceptors (Lipinski definition) is 5. The molecule has 6 heteroatoms. The highest BCUT2D eigenvalue weighted by molar-refractivity contribution is 7.87. The Labute approximate surface area is 139 Å². The van der Waals surface area contributed by atoms with Gasteiger partial charge in [0, 0.05) is 17.5 Å². The molecule has 0 aliphatic heterocycles. The maximum Gasteiger partial charge on any atom is 0.339 e. The lowest BCUT2D eigenvalue weighted by Gasteiger charge is -2.09. The standard InChI is InChI=1S/C18H16O5S/c1-2-6-13-11-18(19)22-17-12-14(9-10-16(13)17)23-24(20,21)15-7-4-3-5-8-15/h3-5,7-12H,2,6H2,1H3. The third kappa shape index (κ3) is 3.33. The number of fused-ring (bicyclic) bond motifs is 1. The molecule has 1 heterocycles. The maximum atomic E-state index is 12.3. The quantitative estimate of drug-likeness (QED) is 0.523. The van der Waals surface area contributed by atoms with Gasteiger partial charge >= 0.3 is 15.7 Å². The van der Waals surface area contributed by atoms with Crippen LogP contribution in [0, 0.1) is 0 Å². The molecule has 0 spiro atoms. The first-order valence-electron chi connectivity index (χ1n) is 7.56. The van der Waals surface area contributed by atoms with Crippen LogP contribution in [0.5, 0.6) is 5.75 Å². The van der Waals surface area contributed by atoms with E-state index in [0.29, 0.717) is 5.58 Å². The molecule has 0 radical (unpaired) electrons. The van der Waals surface area contributed by atoms with E-state index in [4.69, 9.17) is 8.60 Å². The molecule has 0 atom stereocenters. The molecule has 0 N–H and O–H groups in total. The molecule has 3 rings (SSSR count). The van der Waals surface area contributed by atoms with Gasteiger partial charge in [-0.2, -0.15) is 8.42 Å². The molecule has 0 aliphatic carbocycles. The number of rotatable bonds is 5. The number of hydrogen-bond donors (Lipinski definition) is 0. The summed E-state index contributed by atoms with van der Waals surface area (Å²) >= 11 is 0. The van der Waals surface area contributed by atoms with Crippen LogP contribution in [0.3, 0.4) is 0 Å². The summed E-state index contributed by atoms with van der Waals surface area (Å²) in [6, 6.07) is 14.0. The van der Waals surface area contributed by atoms with E-state index in [-0.39, 0.29) is 10.6 Å². The molecule has 24 heavy (non-hydrogen) atoms. The zero-order valence-corrected chi connectivity index (χ0v) is 13.9. The van der Waals surface area contributed by atoms with E-state index in [2.05, 4.69) is 0 Å². The predicted molar refractivity (Wildman–Crippen MR) is 90.7 cm³/mol. The average molecular weight is 344 g/mol. The van der Waals surface area contributed by atoms with Gasteiger partial charge in [-0.1, -0.05) is 31.5 Å². The van der Waals surface area contributed by atoms with Crippen LogP contribution in [0.4, 0.5) is 0 Å². The third-order valence-corrected chi connectivity index (χ3v) is 4.82. The Bertz CT molecular complexity index is 1020. The first-order valence-corrected chi connectivity index (χ1v) is 8.97. The molecule has 2 aromatic carbocycles. The minimum absolute atomic E-state index is 0.0614. The lowest BCUT2D eigenvalue weighted by atomic mass is 10.1. The molecule has 0 saturated heterocycles. The lowest BCUT2D eigenvalue weighted by molar-refractivity contribution is 0.485. The zero-order chi connectivity index (χ0) is 17.2. The van der Waals surface area contributed by atoms with Crippen LogP contribution in [0.15, 0.2) is 68.7 Å². The second kappa shape index (κ2) is 6.49. The maximum absolute atomic E-state index is 12.3. The lowest BCUT2D eigenvalue weighted by Crippen LogP contribution is -2.09. The van der Waals surface area contributed by atoms with Gasteiger partial charge in [0.1, 0.15) is 16.2 Å². The summed E-state index contributed by atoms with van der Waals surface area (Å²) in [5.74, 6) is 0.100. The van der Waals surface area contributed by atoms with Gasteiger partial charge in [-0.3, -0.25) is 0 Å². The Kier molecular flexibility index (Phi) is 4.40. The summed E-state index contributed by atoms with van der Waals surface area (Å²) in [6.45, 7) is 2.02. The molecule has 5 nitrogen and oxygen atoms in total. The van der Waals surface area contributed by atoms with E-state index in [0.717, 1.165) is 23.8 Å². The average Bonchev–Trinajstić information content (AvgIpc) is 2.55. The second-order valence-electron chi connectivity index (χ2n) is 5.35. The SMILES string of the molecule is CCCc1cc(=O)oc2cc(OS(=O)(=O)c3ccccc3)ccc12. The number of benzene rings is 2. The molecule has 0 unspecified atom stereocenters. The smallest absolute Gasteiger partial charge is 0.339 e. The van der Waals surface area contributed by atoms with Crippen LogP contribution in [-0.4, -0.2) is 8.42 Å². The summed E-state index contributed by atoms with van der Waals surface area (Å²) in [5, 5.41) is 0.779. The summed E-state index contributed by atoms with van der Waals surface area (Å²) in [6.07, 6.45) is 1.63. The molecule has 0 aliphatic rings. The van der Waals surface area contributed by atoms with Gasteiger partial charge in [-0.05, 0) is 36.2 Å². The van der Waals surface area contributed by atoms with Crippen LogP contribution in [0.1, 0.15) is 18.9 Å². The van der Waals surface area contributed by atoms with Gasteiger partial charge in [0.15, 0.2) is 0 Å². The van der Waals surface area contributed by atoms with Crippen molar-refractivity contribution in [3.8, 4) is 5.75 Å². The molecule has 0 amide bonds. The topological polar surface area (TPSA) is 73.6 Å². The van der Waals surface area contributed by atoms with E-state index < -0.39 is 15.7 Å². The van der Waals surface area contributed by atoms with Crippen LogP contribution in [0.2, 0.25) is 0 Å². The Morgan fingerprint density at radius 2 is 1.79 bits per heavy atom. The van der Waals surface area contributed by atoms with E-state index in [1.807, 2.05) is 6.92 Å². The fourth-order valence-electron chi connectivity index (χ4n) is 2.50.